The van der Waals surface area contributed by atoms with Crippen LogP contribution in [-0.2, 0) is 4.79 Å². The van der Waals surface area contributed by atoms with Crippen LogP contribution in [0.1, 0.15) is 52.4 Å². The van der Waals surface area contributed by atoms with E-state index >= 15 is 0 Å². The minimum absolute atomic E-state index is 0.229. The topological polar surface area (TPSA) is 40.9 Å². The Bertz CT molecular complexity index is 452. The molecule has 18 heavy (non-hydrogen) atoms. The van der Waals surface area contributed by atoms with E-state index in [1.807, 2.05) is 6.92 Å². The first kappa shape index (κ1) is 13.1. The van der Waals surface area contributed by atoms with E-state index in [1.54, 1.807) is 0 Å². The molecule has 0 N–H and O–H groups in total. The third-order valence-corrected chi connectivity index (χ3v) is 4.63. The third-order valence-electron chi connectivity index (χ3n) is 4.63. The minimum Gasteiger partial charge on any atom is -0.300 e. The van der Waals surface area contributed by atoms with Gasteiger partial charge in [-0.05, 0) is 56.6 Å². The predicted octanol–water partition coefficient (Wildman–Crippen LogP) is 3.94. The molecule has 2 unspecified atom stereocenters. The summed E-state index contributed by atoms with van der Waals surface area (Å²) in [6.45, 7) is 4.08. The van der Waals surface area contributed by atoms with Crippen molar-refractivity contribution in [2.24, 2.45) is 11.3 Å². The molecule has 0 aromatic carbocycles. The molecule has 2 heteroatoms. The van der Waals surface area contributed by atoms with Crippen LogP contribution in [0.4, 0.5) is 0 Å². The molecule has 0 heterocycles. The van der Waals surface area contributed by atoms with Crippen molar-refractivity contribution in [2.45, 2.75) is 52.4 Å². The van der Waals surface area contributed by atoms with Gasteiger partial charge in [0, 0.05) is 12.8 Å². The zero-order chi connectivity index (χ0) is 13.2. The molecule has 0 saturated heterocycles. The number of ketones is 1. The number of allylic oxidation sites excluding steroid dienone is 4. The van der Waals surface area contributed by atoms with Crippen LogP contribution >= 0.6 is 0 Å². The first-order valence-electron chi connectivity index (χ1n) is 6.93. The smallest absolute Gasteiger partial charge is 0.133 e. The van der Waals surface area contributed by atoms with Crippen molar-refractivity contribution in [3.63, 3.8) is 0 Å². The van der Waals surface area contributed by atoms with Gasteiger partial charge in [0.25, 0.3) is 0 Å². The van der Waals surface area contributed by atoms with Crippen molar-refractivity contribution in [1.82, 2.24) is 0 Å². The van der Waals surface area contributed by atoms with E-state index in [1.165, 1.54) is 11.1 Å². The first-order valence-corrected chi connectivity index (χ1v) is 6.93. The molecule has 0 spiro atoms. The lowest BCUT2D eigenvalue weighted by molar-refractivity contribution is -0.123. The summed E-state index contributed by atoms with van der Waals surface area (Å²) in [6.07, 6.45) is 9.28. The van der Waals surface area contributed by atoms with Gasteiger partial charge in [-0.2, -0.15) is 5.26 Å². The summed E-state index contributed by atoms with van der Waals surface area (Å²) in [5.74, 6) is 0.567. The van der Waals surface area contributed by atoms with Crippen LogP contribution in [0.3, 0.4) is 0 Å². The van der Waals surface area contributed by atoms with Crippen LogP contribution in [0.25, 0.3) is 0 Å². The second-order valence-corrected chi connectivity index (χ2v) is 5.43. The molecule has 0 aliphatic heterocycles. The van der Waals surface area contributed by atoms with E-state index in [0.717, 1.165) is 19.3 Å². The molecule has 0 aromatic heterocycles. The van der Waals surface area contributed by atoms with E-state index in [-0.39, 0.29) is 5.92 Å². The molecule has 96 valence electrons. The molecule has 0 radical (unpaired) electrons. The van der Waals surface area contributed by atoms with Gasteiger partial charge in [0.05, 0.1) is 11.5 Å². The predicted molar refractivity (Wildman–Crippen MR) is 71.8 cm³/mol. The van der Waals surface area contributed by atoms with Crippen molar-refractivity contribution < 1.29 is 4.79 Å². The van der Waals surface area contributed by atoms with Gasteiger partial charge >= 0.3 is 0 Å². The molecule has 2 nitrogen and oxygen atoms in total. The molecule has 2 saturated carbocycles. The molecule has 0 aromatic rings. The van der Waals surface area contributed by atoms with E-state index in [9.17, 15) is 10.1 Å². The molecular weight excluding hydrogens is 222 g/mol. The largest absolute Gasteiger partial charge is 0.300 e. The maximum Gasteiger partial charge on any atom is 0.133 e. The molecule has 2 rings (SSSR count). The third kappa shape index (κ3) is 1.92. The lowest BCUT2D eigenvalue weighted by Crippen LogP contribution is -2.37. The van der Waals surface area contributed by atoms with Gasteiger partial charge < -0.3 is 0 Å². The van der Waals surface area contributed by atoms with Gasteiger partial charge in [0.1, 0.15) is 5.78 Å². The van der Waals surface area contributed by atoms with E-state index in [2.05, 4.69) is 25.1 Å². The maximum atomic E-state index is 11.7. The summed E-state index contributed by atoms with van der Waals surface area (Å²) in [6, 6.07) is 2.58. The minimum atomic E-state index is -0.402. The Morgan fingerprint density at radius 3 is 2.72 bits per heavy atom. The molecular formula is C16H21NO. The first-order chi connectivity index (χ1) is 8.67. The maximum absolute atomic E-state index is 11.7. The fourth-order valence-electron chi connectivity index (χ4n) is 3.71. The summed E-state index contributed by atoms with van der Waals surface area (Å²) in [4.78, 5) is 11.7. The van der Waals surface area contributed by atoms with Crippen molar-refractivity contribution in [3.8, 4) is 6.07 Å². The standard InChI is InChI=1S/C16H21NO/c1-3-12-6-5-7-13-10-14(18)8-9-16(13,11-17)15(12)4-2/h3-4,13H,5-10H2,1-2H3. The van der Waals surface area contributed by atoms with E-state index in [0.29, 0.717) is 25.0 Å². The Balaban J connectivity index is 2.51. The summed E-state index contributed by atoms with van der Waals surface area (Å²) < 4.78 is 0. The SMILES string of the molecule is CC=C1CCCC2CC(=O)CCC2(C#N)C1=CC. The Morgan fingerprint density at radius 1 is 1.33 bits per heavy atom. The Morgan fingerprint density at radius 2 is 2.11 bits per heavy atom. The second-order valence-electron chi connectivity index (χ2n) is 5.43. The lowest BCUT2D eigenvalue weighted by Gasteiger charge is -2.39. The van der Waals surface area contributed by atoms with Crippen molar-refractivity contribution in [1.29, 1.82) is 5.26 Å². The Kier molecular flexibility index (Phi) is 3.71. The fourth-order valence-corrected chi connectivity index (χ4v) is 3.71. The molecule has 2 fully saturated rings. The number of carbonyl (C=O) groups is 1. The summed E-state index contributed by atoms with van der Waals surface area (Å²) in [5.41, 5.74) is 2.11. The Labute approximate surface area is 109 Å². The number of nitriles is 1. The molecule has 2 atom stereocenters. The van der Waals surface area contributed by atoms with Crippen molar-refractivity contribution in [2.75, 3.05) is 0 Å². The lowest BCUT2D eigenvalue weighted by atomic mass is 9.61. The van der Waals surface area contributed by atoms with Crippen molar-refractivity contribution in [3.05, 3.63) is 23.3 Å². The number of hydrogen-bond acceptors (Lipinski definition) is 2. The zero-order valence-electron chi connectivity index (χ0n) is 11.3. The highest BCUT2D eigenvalue weighted by atomic mass is 16.1. The quantitative estimate of drug-likeness (QED) is 0.646. The number of Topliss-reactive ketones (excluding diaryl/α,β-unsaturated/α-hetero) is 1. The van der Waals surface area contributed by atoms with Gasteiger partial charge in [-0.25, -0.2) is 0 Å². The van der Waals surface area contributed by atoms with Gasteiger partial charge in [-0.3, -0.25) is 4.79 Å². The van der Waals surface area contributed by atoms with Gasteiger partial charge in [0.2, 0.25) is 0 Å². The fraction of sp³-hybridized carbons (Fsp3) is 0.625. The van der Waals surface area contributed by atoms with E-state index < -0.39 is 5.41 Å². The normalized spacial score (nSPS) is 37.2. The van der Waals surface area contributed by atoms with Crippen LogP contribution in [0.2, 0.25) is 0 Å². The van der Waals surface area contributed by atoms with Gasteiger partial charge in [-0.15, -0.1) is 0 Å². The summed E-state index contributed by atoms with van der Waals surface area (Å²) in [5, 5.41) is 9.77. The average Bonchev–Trinajstić information content (AvgIpc) is 2.54. The number of rotatable bonds is 0. The molecule has 2 aliphatic carbocycles. The molecule has 2 aliphatic rings. The van der Waals surface area contributed by atoms with Crippen LogP contribution < -0.4 is 0 Å². The number of hydrogen-bond donors (Lipinski definition) is 0. The molecule has 0 bridgehead atoms. The number of carbonyl (C=O) groups excluding carboxylic acids is 1. The van der Waals surface area contributed by atoms with Crippen molar-refractivity contribution >= 4 is 5.78 Å². The van der Waals surface area contributed by atoms with Crippen LogP contribution in [0.15, 0.2) is 23.3 Å². The number of nitrogens with zero attached hydrogens (tertiary/aromatic N) is 1. The highest BCUT2D eigenvalue weighted by molar-refractivity contribution is 5.80. The molecule has 0 amide bonds. The Hall–Kier alpha value is -1.36. The van der Waals surface area contributed by atoms with Gasteiger partial charge in [0.15, 0.2) is 0 Å². The summed E-state index contributed by atoms with van der Waals surface area (Å²) >= 11 is 0. The highest BCUT2D eigenvalue weighted by Gasteiger charge is 2.47. The van der Waals surface area contributed by atoms with Crippen LogP contribution in [-0.4, -0.2) is 5.78 Å². The van der Waals surface area contributed by atoms with Crippen LogP contribution in [0.5, 0.6) is 0 Å². The number of fused-ring (bicyclic) bond motifs is 1. The van der Waals surface area contributed by atoms with E-state index in [4.69, 9.17) is 0 Å². The summed E-state index contributed by atoms with van der Waals surface area (Å²) in [7, 11) is 0. The van der Waals surface area contributed by atoms with Gasteiger partial charge in [-0.1, -0.05) is 12.2 Å². The zero-order valence-corrected chi connectivity index (χ0v) is 11.3. The highest BCUT2D eigenvalue weighted by Crippen LogP contribution is 2.52. The second kappa shape index (κ2) is 5.10. The van der Waals surface area contributed by atoms with Crippen LogP contribution in [0, 0.1) is 22.7 Å². The average molecular weight is 243 g/mol. The monoisotopic (exact) mass is 243 g/mol.